The lowest BCUT2D eigenvalue weighted by Gasteiger charge is -2.11. The maximum atomic E-state index is 12.8. The first-order chi connectivity index (χ1) is 14.6. The fraction of sp³-hybridized carbons (Fsp3) is 0.227. The topological polar surface area (TPSA) is 101 Å². The van der Waals surface area contributed by atoms with Gasteiger partial charge in [-0.05, 0) is 24.1 Å². The Morgan fingerprint density at radius 1 is 1.10 bits per heavy atom. The molecule has 0 saturated heterocycles. The summed E-state index contributed by atoms with van der Waals surface area (Å²) in [6.07, 6.45) is -1.99. The van der Waals surface area contributed by atoms with Crippen LogP contribution in [0.3, 0.4) is 0 Å². The number of nitrogens with two attached hydrogens (primary N) is 1. The van der Waals surface area contributed by atoms with Crippen molar-refractivity contribution in [2.24, 2.45) is 5.73 Å². The van der Waals surface area contributed by atoms with Gasteiger partial charge in [0.2, 0.25) is 0 Å². The van der Waals surface area contributed by atoms with Gasteiger partial charge < -0.3 is 19.8 Å². The number of carbonyl (C=O) groups is 3. The number of nitrogens with zero attached hydrogens (tertiary/aromatic N) is 1. The molecule has 0 aliphatic heterocycles. The third kappa shape index (κ3) is 3.99. The van der Waals surface area contributed by atoms with Crippen LogP contribution in [0.15, 0.2) is 48.5 Å². The number of hydrogen-bond acceptors (Lipinski definition) is 5. The lowest BCUT2D eigenvalue weighted by molar-refractivity contribution is -0.142. The van der Waals surface area contributed by atoms with E-state index < -0.39 is 30.6 Å². The fourth-order valence-corrected chi connectivity index (χ4v) is 3.22. The van der Waals surface area contributed by atoms with Gasteiger partial charge in [0.25, 0.3) is 11.7 Å². The van der Waals surface area contributed by atoms with Crippen LogP contribution in [-0.2, 0) is 27.2 Å². The molecule has 0 unspecified atom stereocenters. The second-order valence-electron chi connectivity index (χ2n) is 6.25. The van der Waals surface area contributed by atoms with Gasteiger partial charge in [0.15, 0.2) is 6.61 Å². The molecule has 7 heteroatoms. The molecule has 0 spiro atoms. The fourth-order valence-electron chi connectivity index (χ4n) is 3.22. The predicted octanol–water partition coefficient (Wildman–Crippen LogP) is 2.47. The molecule has 0 aliphatic rings. The van der Waals surface area contributed by atoms with E-state index in [9.17, 15) is 14.4 Å². The molecule has 0 saturated carbocycles. The van der Waals surface area contributed by atoms with Crippen molar-refractivity contribution in [3.8, 4) is 5.75 Å². The van der Waals surface area contributed by atoms with E-state index in [4.69, 9.17) is 13.2 Å². The number of amides is 1. The summed E-state index contributed by atoms with van der Waals surface area (Å²) in [6, 6.07) is 14.2. The summed E-state index contributed by atoms with van der Waals surface area (Å²) in [5.74, 6) is -2.74. The lowest BCUT2D eigenvalue weighted by Crippen LogP contribution is -2.24. The quantitative estimate of drug-likeness (QED) is 0.358. The highest BCUT2D eigenvalue weighted by molar-refractivity contribution is 6.45. The highest BCUT2D eigenvalue weighted by Gasteiger charge is 2.27. The zero-order valence-electron chi connectivity index (χ0n) is 18.1. The number of aromatic nitrogens is 1. The van der Waals surface area contributed by atoms with Crippen LogP contribution in [0.1, 0.15) is 31.3 Å². The van der Waals surface area contributed by atoms with Crippen LogP contribution in [0.5, 0.6) is 5.75 Å². The first-order valence-corrected chi connectivity index (χ1v) is 8.88. The summed E-state index contributed by atoms with van der Waals surface area (Å²) in [6.45, 7) is 1.13. The Morgan fingerprint density at radius 3 is 2.45 bits per heavy atom. The van der Waals surface area contributed by atoms with E-state index in [0.29, 0.717) is 5.52 Å². The number of fused-ring (bicyclic) bond motifs is 1. The van der Waals surface area contributed by atoms with Crippen molar-refractivity contribution in [2.75, 3.05) is 13.7 Å². The van der Waals surface area contributed by atoms with Crippen molar-refractivity contribution in [2.45, 2.75) is 19.8 Å². The molecule has 150 valence electrons. The Bertz CT molecular complexity index is 1150. The van der Waals surface area contributed by atoms with Gasteiger partial charge in [-0.25, -0.2) is 4.79 Å². The predicted molar refractivity (Wildman–Crippen MR) is 108 cm³/mol. The van der Waals surface area contributed by atoms with Crippen LogP contribution in [0.2, 0.25) is 0 Å². The van der Waals surface area contributed by atoms with E-state index in [1.165, 1.54) is 20.1 Å². The first kappa shape index (κ1) is 17.5. The van der Waals surface area contributed by atoms with Crippen LogP contribution in [0.4, 0.5) is 0 Å². The van der Waals surface area contributed by atoms with Crippen molar-refractivity contribution in [1.29, 1.82) is 0 Å². The van der Waals surface area contributed by atoms with E-state index in [1.54, 1.807) is 16.7 Å². The van der Waals surface area contributed by atoms with Crippen LogP contribution >= 0.6 is 0 Å². The molecule has 3 aromatic rings. The summed E-state index contributed by atoms with van der Waals surface area (Å²) >= 11 is 0. The highest BCUT2D eigenvalue weighted by Crippen LogP contribution is 2.35. The normalized spacial score (nSPS) is 12.2. The number of esters is 1. The van der Waals surface area contributed by atoms with Crippen molar-refractivity contribution >= 4 is 28.6 Å². The molecule has 1 amide bonds. The van der Waals surface area contributed by atoms with Gasteiger partial charge in [0.1, 0.15) is 5.75 Å². The summed E-state index contributed by atoms with van der Waals surface area (Å²) in [5, 5.41) is 0.215. The zero-order valence-corrected chi connectivity index (χ0v) is 16.1. The van der Waals surface area contributed by atoms with E-state index in [0.717, 1.165) is 5.56 Å². The molecular weight excluding hydrogens is 372 g/mol. The Morgan fingerprint density at radius 2 is 1.83 bits per heavy atom. The van der Waals surface area contributed by atoms with Gasteiger partial charge in [0, 0.05) is 15.0 Å². The summed E-state index contributed by atoms with van der Waals surface area (Å²) in [5.41, 5.74) is 6.45. The van der Waals surface area contributed by atoms with E-state index >= 15 is 0 Å². The molecule has 2 N–H and O–H groups in total. The highest BCUT2D eigenvalue weighted by atomic mass is 16.6. The smallest absolute Gasteiger partial charge is 0.343 e. The zero-order chi connectivity index (χ0) is 22.8. The molecule has 0 bridgehead atoms. The SMILES string of the molecule is [2H]C([2H])(C)c1c(C(=O)C(N)=O)c2c(OCC(=O)OC)cccc2n1Cc1ccccc1. The third-order valence-electron chi connectivity index (χ3n) is 4.50. The molecule has 0 atom stereocenters. The number of hydrogen-bond donors (Lipinski definition) is 1. The monoisotopic (exact) mass is 396 g/mol. The lowest BCUT2D eigenvalue weighted by atomic mass is 10.0. The first-order valence-electron chi connectivity index (χ1n) is 9.88. The summed E-state index contributed by atoms with van der Waals surface area (Å²) in [4.78, 5) is 36.2. The second-order valence-corrected chi connectivity index (χ2v) is 6.25. The van der Waals surface area contributed by atoms with E-state index in [2.05, 4.69) is 4.74 Å². The number of rotatable bonds is 8. The number of benzene rings is 2. The maximum absolute atomic E-state index is 12.8. The molecule has 0 aliphatic carbocycles. The molecule has 1 heterocycles. The number of ketones is 1. The van der Waals surface area contributed by atoms with Crippen LogP contribution < -0.4 is 10.5 Å². The Balaban J connectivity index is 2.34. The van der Waals surface area contributed by atoms with Gasteiger partial charge in [0.05, 0.1) is 23.6 Å². The van der Waals surface area contributed by atoms with Crippen molar-refractivity contribution < 1.29 is 26.6 Å². The Labute approximate surface area is 170 Å². The van der Waals surface area contributed by atoms with Gasteiger partial charge in [-0.15, -0.1) is 0 Å². The van der Waals surface area contributed by atoms with Gasteiger partial charge in [-0.1, -0.05) is 43.3 Å². The molecule has 29 heavy (non-hydrogen) atoms. The third-order valence-corrected chi connectivity index (χ3v) is 4.50. The standard InChI is InChI=1S/C22H22N2O5/c1-3-15-20(21(26)22(23)27)19-16(24(15)12-14-8-5-4-6-9-14)10-7-11-17(19)29-13-18(25)28-2/h4-11H,3,12-13H2,1-2H3,(H2,23,27)/i3D2. The molecule has 1 aromatic heterocycles. The molecule has 0 fully saturated rings. The number of primary amides is 1. The van der Waals surface area contributed by atoms with E-state index in [1.807, 2.05) is 30.3 Å². The largest absolute Gasteiger partial charge is 0.481 e. The molecule has 3 rings (SSSR count). The second kappa shape index (κ2) is 8.60. The Hall–Kier alpha value is -3.61. The number of Topliss-reactive ketones (excluding diaryl/α,β-unsaturated/α-hetero) is 1. The minimum atomic E-state index is -1.99. The van der Waals surface area contributed by atoms with Crippen molar-refractivity contribution in [3.63, 3.8) is 0 Å². The molecular formula is C22H22N2O5. The Kier molecular flexibility index (Phi) is 5.19. The summed E-state index contributed by atoms with van der Waals surface area (Å²) < 4.78 is 28.6. The molecule has 2 aromatic carbocycles. The number of methoxy groups -OCH3 is 1. The van der Waals surface area contributed by atoms with Crippen LogP contribution in [0.25, 0.3) is 10.9 Å². The minimum Gasteiger partial charge on any atom is -0.481 e. The van der Waals surface area contributed by atoms with E-state index in [-0.39, 0.29) is 28.9 Å². The maximum Gasteiger partial charge on any atom is 0.343 e. The van der Waals surface area contributed by atoms with Crippen molar-refractivity contribution in [1.82, 2.24) is 4.57 Å². The van der Waals surface area contributed by atoms with Gasteiger partial charge in [-0.3, -0.25) is 9.59 Å². The van der Waals surface area contributed by atoms with Crippen LogP contribution in [0, 0.1) is 0 Å². The minimum absolute atomic E-state index is 0.00395. The average molecular weight is 396 g/mol. The van der Waals surface area contributed by atoms with Gasteiger partial charge in [-0.2, -0.15) is 0 Å². The molecule has 0 radical (unpaired) electrons. The molecule has 7 nitrogen and oxygen atoms in total. The summed E-state index contributed by atoms with van der Waals surface area (Å²) in [7, 11) is 1.22. The van der Waals surface area contributed by atoms with Gasteiger partial charge >= 0.3 is 5.97 Å². The number of carbonyl (C=O) groups excluding carboxylic acids is 3. The number of ether oxygens (including phenoxy) is 2. The van der Waals surface area contributed by atoms with Crippen LogP contribution in [-0.4, -0.2) is 35.9 Å². The van der Waals surface area contributed by atoms with Crippen molar-refractivity contribution in [3.05, 3.63) is 65.4 Å². The average Bonchev–Trinajstić information content (AvgIpc) is 3.07.